The molecule has 0 amide bonds. The Morgan fingerprint density at radius 2 is 2.33 bits per heavy atom. The van der Waals surface area contributed by atoms with Gasteiger partial charge in [-0.2, -0.15) is 5.10 Å². The van der Waals surface area contributed by atoms with Gasteiger partial charge in [-0.15, -0.1) is 0 Å². The first kappa shape index (κ1) is 12.0. The van der Waals surface area contributed by atoms with Crippen molar-refractivity contribution in [2.75, 3.05) is 5.32 Å². The van der Waals surface area contributed by atoms with E-state index in [9.17, 15) is 14.5 Å². The number of halogens is 1. The highest BCUT2D eigenvalue weighted by Gasteiger charge is 2.10. The molecule has 0 aliphatic rings. The van der Waals surface area contributed by atoms with Crippen molar-refractivity contribution in [2.24, 2.45) is 7.05 Å². The number of non-ortho nitro benzene ring substituents is 1. The number of rotatable bonds is 4. The molecule has 0 atom stereocenters. The SMILES string of the molecule is Cn1cc(CNc2ccc([N+](=O)[O-])cc2F)cn1. The van der Waals surface area contributed by atoms with Crippen LogP contribution < -0.4 is 5.32 Å². The van der Waals surface area contributed by atoms with Crippen LogP contribution in [0.4, 0.5) is 15.8 Å². The van der Waals surface area contributed by atoms with Gasteiger partial charge in [-0.3, -0.25) is 14.8 Å². The van der Waals surface area contributed by atoms with Crippen LogP contribution in [0.25, 0.3) is 0 Å². The van der Waals surface area contributed by atoms with Gasteiger partial charge in [-0.05, 0) is 6.07 Å². The Bertz CT molecular complexity index is 582. The van der Waals surface area contributed by atoms with Crippen LogP contribution in [0, 0.1) is 15.9 Å². The molecule has 0 unspecified atom stereocenters. The summed E-state index contributed by atoms with van der Waals surface area (Å²) in [5.41, 5.74) is 0.860. The third-order valence-electron chi connectivity index (χ3n) is 2.40. The van der Waals surface area contributed by atoms with Crippen molar-refractivity contribution in [3.8, 4) is 0 Å². The predicted molar refractivity (Wildman–Crippen MR) is 63.6 cm³/mol. The molecule has 0 aliphatic heterocycles. The number of benzene rings is 1. The Morgan fingerprint density at radius 3 is 2.89 bits per heavy atom. The summed E-state index contributed by atoms with van der Waals surface area (Å²) >= 11 is 0. The lowest BCUT2D eigenvalue weighted by molar-refractivity contribution is -0.385. The first-order chi connectivity index (χ1) is 8.56. The van der Waals surface area contributed by atoms with Gasteiger partial charge in [0.1, 0.15) is 0 Å². The van der Waals surface area contributed by atoms with Gasteiger partial charge < -0.3 is 5.32 Å². The molecule has 0 spiro atoms. The molecular weight excluding hydrogens is 239 g/mol. The number of hydrogen-bond acceptors (Lipinski definition) is 4. The molecule has 7 heteroatoms. The molecular formula is C11H11FN4O2. The van der Waals surface area contributed by atoms with E-state index in [1.54, 1.807) is 24.1 Å². The number of nitro groups is 1. The molecule has 2 aromatic rings. The van der Waals surface area contributed by atoms with Crippen molar-refractivity contribution in [3.63, 3.8) is 0 Å². The molecule has 94 valence electrons. The fourth-order valence-electron chi connectivity index (χ4n) is 1.52. The lowest BCUT2D eigenvalue weighted by atomic mass is 10.2. The van der Waals surface area contributed by atoms with Crippen LogP contribution in [0.3, 0.4) is 0 Å². The van der Waals surface area contributed by atoms with E-state index in [1.807, 2.05) is 0 Å². The molecule has 6 nitrogen and oxygen atoms in total. The minimum absolute atomic E-state index is 0.226. The second-order valence-corrected chi connectivity index (χ2v) is 3.80. The van der Waals surface area contributed by atoms with E-state index >= 15 is 0 Å². The standard InChI is InChI=1S/C11H11FN4O2/c1-15-7-8(6-14-15)5-13-11-3-2-9(16(17)18)4-10(11)12/h2-4,6-7,13H,5H2,1H3. The zero-order valence-electron chi connectivity index (χ0n) is 9.63. The highest BCUT2D eigenvalue weighted by Crippen LogP contribution is 2.20. The Labute approximate surface area is 102 Å². The summed E-state index contributed by atoms with van der Waals surface area (Å²) < 4.78 is 15.2. The lowest BCUT2D eigenvalue weighted by Crippen LogP contribution is -2.01. The van der Waals surface area contributed by atoms with Gasteiger partial charge in [0.2, 0.25) is 0 Å². The number of nitro benzene ring substituents is 1. The summed E-state index contributed by atoms with van der Waals surface area (Å²) in [5, 5.41) is 17.3. The van der Waals surface area contributed by atoms with Gasteiger partial charge in [-0.1, -0.05) is 0 Å². The maximum Gasteiger partial charge on any atom is 0.272 e. The highest BCUT2D eigenvalue weighted by molar-refractivity contribution is 5.50. The number of nitrogens with zero attached hydrogens (tertiary/aromatic N) is 3. The fraction of sp³-hybridized carbons (Fsp3) is 0.182. The van der Waals surface area contributed by atoms with Gasteiger partial charge in [0, 0.05) is 31.4 Å². The quantitative estimate of drug-likeness (QED) is 0.666. The lowest BCUT2D eigenvalue weighted by Gasteiger charge is -2.05. The van der Waals surface area contributed by atoms with E-state index in [0.717, 1.165) is 11.6 Å². The molecule has 0 radical (unpaired) electrons. The van der Waals surface area contributed by atoms with Crippen LogP contribution in [-0.4, -0.2) is 14.7 Å². The van der Waals surface area contributed by atoms with E-state index in [0.29, 0.717) is 6.54 Å². The van der Waals surface area contributed by atoms with Crippen molar-refractivity contribution >= 4 is 11.4 Å². The first-order valence-corrected chi connectivity index (χ1v) is 5.21. The number of aromatic nitrogens is 2. The number of nitrogens with one attached hydrogen (secondary N) is 1. The molecule has 18 heavy (non-hydrogen) atoms. The van der Waals surface area contributed by atoms with Gasteiger partial charge in [0.05, 0.1) is 22.9 Å². The predicted octanol–water partition coefficient (Wildman–Crippen LogP) is 2.08. The van der Waals surface area contributed by atoms with Crippen molar-refractivity contribution in [1.82, 2.24) is 9.78 Å². The van der Waals surface area contributed by atoms with Crippen molar-refractivity contribution in [3.05, 3.63) is 52.1 Å². The topological polar surface area (TPSA) is 73.0 Å². The normalized spacial score (nSPS) is 10.3. The van der Waals surface area contributed by atoms with Crippen LogP contribution in [0.5, 0.6) is 0 Å². The summed E-state index contributed by atoms with van der Waals surface area (Å²) in [5.74, 6) is -0.645. The van der Waals surface area contributed by atoms with Crippen LogP contribution in [-0.2, 0) is 13.6 Å². The molecule has 0 bridgehead atoms. The molecule has 1 heterocycles. The van der Waals surface area contributed by atoms with Crippen LogP contribution in [0.15, 0.2) is 30.6 Å². The van der Waals surface area contributed by atoms with E-state index in [-0.39, 0.29) is 11.4 Å². The molecule has 1 aromatic heterocycles. The highest BCUT2D eigenvalue weighted by atomic mass is 19.1. The third-order valence-corrected chi connectivity index (χ3v) is 2.40. The summed E-state index contributed by atoms with van der Waals surface area (Å²) in [6.07, 6.45) is 3.46. The average Bonchev–Trinajstić information content (AvgIpc) is 2.73. The molecule has 0 aliphatic carbocycles. The zero-order chi connectivity index (χ0) is 13.1. The molecule has 1 N–H and O–H groups in total. The molecule has 1 aromatic carbocycles. The van der Waals surface area contributed by atoms with Gasteiger partial charge in [-0.25, -0.2) is 4.39 Å². The average molecular weight is 250 g/mol. The number of anilines is 1. The summed E-state index contributed by atoms with van der Waals surface area (Å²) in [6.45, 7) is 0.405. The van der Waals surface area contributed by atoms with Crippen LogP contribution in [0.2, 0.25) is 0 Å². The Morgan fingerprint density at radius 1 is 1.56 bits per heavy atom. The van der Waals surface area contributed by atoms with Crippen molar-refractivity contribution in [1.29, 1.82) is 0 Å². The van der Waals surface area contributed by atoms with Gasteiger partial charge >= 0.3 is 0 Å². The third kappa shape index (κ3) is 2.62. The summed E-state index contributed by atoms with van der Waals surface area (Å²) in [6, 6.07) is 3.50. The maximum atomic E-state index is 13.5. The van der Waals surface area contributed by atoms with Gasteiger partial charge in [0.15, 0.2) is 5.82 Å². The smallest absolute Gasteiger partial charge is 0.272 e. The van der Waals surface area contributed by atoms with Crippen LogP contribution in [0.1, 0.15) is 5.56 Å². The Balaban J connectivity index is 2.08. The summed E-state index contributed by atoms with van der Waals surface area (Å²) in [7, 11) is 1.79. The molecule has 0 saturated heterocycles. The molecule has 0 fully saturated rings. The molecule has 2 rings (SSSR count). The second-order valence-electron chi connectivity index (χ2n) is 3.80. The Kier molecular flexibility index (Phi) is 3.22. The van der Waals surface area contributed by atoms with Gasteiger partial charge in [0.25, 0.3) is 5.69 Å². The van der Waals surface area contributed by atoms with E-state index in [2.05, 4.69) is 10.4 Å². The molecule has 0 saturated carbocycles. The van der Waals surface area contributed by atoms with Crippen LogP contribution >= 0.6 is 0 Å². The first-order valence-electron chi connectivity index (χ1n) is 5.21. The summed E-state index contributed by atoms with van der Waals surface area (Å²) in [4.78, 5) is 9.82. The number of hydrogen-bond donors (Lipinski definition) is 1. The minimum Gasteiger partial charge on any atom is -0.378 e. The van der Waals surface area contributed by atoms with E-state index in [1.165, 1.54) is 12.1 Å². The zero-order valence-corrected chi connectivity index (χ0v) is 9.63. The largest absolute Gasteiger partial charge is 0.378 e. The van der Waals surface area contributed by atoms with E-state index in [4.69, 9.17) is 0 Å². The van der Waals surface area contributed by atoms with Crippen molar-refractivity contribution < 1.29 is 9.31 Å². The second kappa shape index (κ2) is 4.82. The minimum atomic E-state index is -0.645. The monoisotopic (exact) mass is 250 g/mol. The van der Waals surface area contributed by atoms with E-state index < -0.39 is 10.7 Å². The number of aryl methyl sites for hydroxylation is 1. The maximum absolute atomic E-state index is 13.5. The van der Waals surface area contributed by atoms with Crippen molar-refractivity contribution in [2.45, 2.75) is 6.54 Å². The fourth-order valence-corrected chi connectivity index (χ4v) is 1.52. The Hall–Kier alpha value is -2.44.